The molecule has 0 atom stereocenters. The lowest BCUT2D eigenvalue weighted by Crippen LogP contribution is -2.09. The molecule has 0 aliphatic carbocycles. The van der Waals surface area contributed by atoms with E-state index in [1.807, 2.05) is 26.0 Å². The number of aryl methyl sites for hydroxylation is 2. The molecule has 0 spiro atoms. The van der Waals surface area contributed by atoms with Gasteiger partial charge in [-0.3, -0.25) is 0 Å². The van der Waals surface area contributed by atoms with Crippen LogP contribution in [-0.4, -0.2) is 28.2 Å². The summed E-state index contributed by atoms with van der Waals surface area (Å²) in [5.41, 5.74) is 0. The molecule has 2 aromatic heterocycles. The number of nitrogens with one attached hydrogen (secondary N) is 2. The van der Waals surface area contributed by atoms with E-state index in [9.17, 15) is 0 Å². The maximum Gasteiger partial charge on any atom is 0.132 e. The van der Waals surface area contributed by atoms with Crippen molar-refractivity contribution in [2.45, 2.75) is 20.4 Å². The molecular formula is C13H18N4O2. The van der Waals surface area contributed by atoms with Crippen molar-refractivity contribution in [1.82, 2.24) is 9.97 Å². The Balaban J connectivity index is 2.01. The number of aliphatic hydroxyl groups excluding tert-OH is 1. The third-order valence-corrected chi connectivity index (χ3v) is 2.50. The van der Waals surface area contributed by atoms with Crippen molar-refractivity contribution >= 4 is 11.6 Å². The molecule has 6 nitrogen and oxygen atoms in total. The lowest BCUT2D eigenvalue weighted by Gasteiger charge is -2.08. The monoisotopic (exact) mass is 262 g/mol. The molecule has 0 aliphatic rings. The van der Waals surface area contributed by atoms with E-state index in [4.69, 9.17) is 9.52 Å². The van der Waals surface area contributed by atoms with Crippen molar-refractivity contribution < 1.29 is 9.52 Å². The van der Waals surface area contributed by atoms with Crippen LogP contribution in [0.5, 0.6) is 0 Å². The average molecular weight is 262 g/mol. The van der Waals surface area contributed by atoms with Crippen molar-refractivity contribution in [1.29, 1.82) is 0 Å². The molecule has 0 saturated heterocycles. The molecule has 0 aromatic carbocycles. The Morgan fingerprint density at radius 1 is 1.16 bits per heavy atom. The third-order valence-electron chi connectivity index (χ3n) is 2.50. The summed E-state index contributed by atoms with van der Waals surface area (Å²) in [5, 5.41) is 15.0. The van der Waals surface area contributed by atoms with Crippen molar-refractivity contribution in [2.75, 3.05) is 23.8 Å². The molecule has 0 unspecified atom stereocenters. The van der Waals surface area contributed by atoms with E-state index in [0.717, 1.165) is 17.3 Å². The molecule has 2 aromatic rings. The number of rotatable bonds is 6. The number of aromatic nitrogens is 2. The minimum atomic E-state index is 0.0669. The molecule has 0 amide bonds. The van der Waals surface area contributed by atoms with Crippen molar-refractivity contribution in [3.8, 4) is 0 Å². The number of hydrogen-bond acceptors (Lipinski definition) is 6. The number of hydrogen-bond donors (Lipinski definition) is 3. The lowest BCUT2D eigenvalue weighted by atomic mass is 10.4. The summed E-state index contributed by atoms with van der Waals surface area (Å²) in [6.07, 6.45) is 0. The zero-order valence-electron chi connectivity index (χ0n) is 11.1. The van der Waals surface area contributed by atoms with Gasteiger partial charge in [0.15, 0.2) is 0 Å². The molecule has 0 fully saturated rings. The second-order valence-electron chi connectivity index (χ2n) is 4.20. The van der Waals surface area contributed by atoms with Gasteiger partial charge in [0.1, 0.15) is 29.0 Å². The lowest BCUT2D eigenvalue weighted by molar-refractivity contribution is 0.311. The van der Waals surface area contributed by atoms with Crippen molar-refractivity contribution in [3.05, 3.63) is 35.5 Å². The SMILES string of the molecule is Cc1nc(NCCO)cc(NCc2ccc(C)o2)n1. The van der Waals surface area contributed by atoms with Crippen LogP contribution in [0.4, 0.5) is 11.6 Å². The van der Waals surface area contributed by atoms with Gasteiger partial charge in [-0.15, -0.1) is 0 Å². The van der Waals surface area contributed by atoms with Gasteiger partial charge in [0.2, 0.25) is 0 Å². The van der Waals surface area contributed by atoms with Gasteiger partial charge in [0.05, 0.1) is 13.2 Å². The van der Waals surface area contributed by atoms with Gasteiger partial charge in [0.25, 0.3) is 0 Å². The highest BCUT2D eigenvalue weighted by molar-refractivity contribution is 5.47. The Morgan fingerprint density at radius 2 is 1.89 bits per heavy atom. The van der Waals surface area contributed by atoms with Gasteiger partial charge >= 0.3 is 0 Å². The highest BCUT2D eigenvalue weighted by Crippen LogP contribution is 2.13. The largest absolute Gasteiger partial charge is 0.465 e. The van der Waals surface area contributed by atoms with Gasteiger partial charge in [-0.25, -0.2) is 9.97 Å². The van der Waals surface area contributed by atoms with Crippen LogP contribution in [0.2, 0.25) is 0 Å². The van der Waals surface area contributed by atoms with Gasteiger partial charge < -0.3 is 20.2 Å². The average Bonchev–Trinajstić information content (AvgIpc) is 2.79. The van der Waals surface area contributed by atoms with Crippen LogP contribution in [0.1, 0.15) is 17.3 Å². The quantitative estimate of drug-likeness (QED) is 0.735. The van der Waals surface area contributed by atoms with Crippen LogP contribution in [0, 0.1) is 13.8 Å². The Labute approximate surface area is 111 Å². The van der Waals surface area contributed by atoms with Crippen LogP contribution < -0.4 is 10.6 Å². The Bertz CT molecular complexity index is 539. The fourth-order valence-electron chi connectivity index (χ4n) is 1.69. The fraction of sp³-hybridized carbons (Fsp3) is 0.385. The van der Waals surface area contributed by atoms with E-state index in [2.05, 4.69) is 20.6 Å². The molecule has 19 heavy (non-hydrogen) atoms. The summed E-state index contributed by atoms with van der Waals surface area (Å²) >= 11 is 0. The Kier molecular flexibility index (Phi) is 4.35. The smallest absolute Gasteiger partial charge is 0.132 e. The molecule has 0 aliphatic heterocycles. The first-order chi connectivity index (χ1) is 9.17. The predicted molar refractivity (Wildman–Crippen MR) is 73.1 cm³/mol. The molecule has 2 rings (SSSR count). The normalized spacial score (nSPS) is 10.5. The first-order valence-electron chi connectivity index (χ1n) is 6.17. The minimum absolute atomic E-state index is 0.0669. The second kappa shape index (κ2) is 6.19. The summed E-state index contributed by atoms with van der Waals surface area (Å²) in [4.78, 5) is 8.53. The van der Waals surface area contributed by atoms with Gasteiger partial charge in [-0.05, 0) is 26.0 Å². The van der Waals surface area contributed by atoms with Crippen LogP contribution in [0.25, 0.3) is 0 Å². The molecule has 6 heteroatoms. The predicted octanol–water partition coefficient (Wildman–Crippen LogP) is 1.70. The van der Waals surface area contributed by atoms with Crippen molar-refractivity contribution in [3.63, 3.8) is 0 Å². The Hall–Kier alpha value is -2.08. The molecule has 3 N–H and O–H groups in total. The number of nitrogens with zero attached hydrogens (tertiary/aromatic N) is 2. The molecule has 2 heterocycles. The topological polar surface area (TPSA) is 83.2 Å². The first-order valence-corrected chi connectivity index (χ1v) is 6.17. The van der Waals surface area contributed by atoms with Gasteiger partial charge in [-0.1, -0.05) is 0 Å². The van der Waals surface area contributed by atoms with Crippen LogP contribution >= 0.6 is 0 Å². The van der Waals surface area contributed by atoms with Gasteiger partial charge in [0, 0.05) is 12.6 Å². The second-order valence-corrected chi connectivity index (χ2v) is 4.20. The summed E-state index contributed by atoms with van der Waals surface area (Å²) in [6, 6.07) is 5.66. The van der Waals surface area contributed by atoms with Crippen molar-refractivity contribution in [2.24, 2.45) is 0 Å². The zero-order valence-corrected chi connectivity index (χ0v) is 11.1. The molecule has 0 bridgehead atoms. The van der Waals surface area contributed by atoms with Crippen LogP contribution in [0.3, 0.4) is 0 Å². The minimum Gasteiger partial charge on any atom is -0.465 e. The molecule has 102 valence electrons. The van der Waals surface area contributed by atoms with E-state index in [-0.39, 0.29) is 6.61 Å². The Morgan fingerprint density at radius 3 is 2.53 bits per heavy atom. The molecular weight excluding hydrogens is 244 g/mol. The van der Waals surface area contributed by atoms with E-state index in [0.29, 0.717) is 24.7 Å². The number of furan rings is 1. The van der Waals surface area contributed by atoms with E-state index >= 15 is 0 Å². The fourth-order valence-corrected chi connectivity index (χ4v) is 1.69. The van der Waals surface area contributed by atoms with E-state index < -0.39 is 0 Å². The summed E-state index contributed by atoms with van der Waals surface area (Å²) in [5.74, 6) is 3.84. The maximum atomic E-state index is 8.79. The number of aliphatic hydroxyl groups is 1. The van der Waals surface area contributed by atoms with Gasteiger partial charge in [-0.2, -0.15) is 0 Å². The summed E-state index contributed by atoms with van der Waals surface area (Å²) in [7, 11) is 0. The van der Waals surface area contributed by atoms with E-state index in [1.165, 1.54) is 0 Å². The zero-order chi connectivity index (χ0) is 13.7. The summed E-state index contributed by atoms with van der Waals surface area (Å²) in [6.45, 7) is 4.84. The number of anilines is 2. The highest BCUT2D eigenvalue weighted by Gasteiger charge is 2.03. The third kappa shape index (κ3) is 3.96. The standard InChI is InChI=1S/C13H18N4O2/c1-9-3-4-11(19-9)8-15-13-7-12(14-5-6-18)16-10(2)17-13/h3-4,7,18H,5-6,8H2,1-2H3,(H2,14,15,16,17). The van der Waals surface area contributed by atoms with Crippen LogP contribution in [-0.2, 0) is 6.54 Å². The molecule has 0 radical (unpaired) electrons. The highest BCUT2D eigenvalue weighted by atomic mass is 16.3. The van der Waals surface area contributed by atoms with Crippen LogP contribution in [0.15, 0.2) is 22.6 Å². The molecule has 0 saturated carbocycles. The maximum absolute atomic E-state index is 8.79. The summed E-state index contributed by atoms with van der Waals surface area (Å²) < 4.78 is 5.48. The first kappa shape index (κ1) is 13.4. The van der Waals surface area contributed by atoms with E-state index in [1.54, 1.807) is 6.07 Å².